The van der Waals surface area contributed by atoms with Crippen LogP contribution in [0.4, 0.5) is 9.93 Å². The predicted molar refractivity (Wildman–Crippen MR) is 156 cm³/mol. The molecule has 8 nitrogen and oxygen atoms in total. The van der Waals surface area contributed by atoms with Crippen molar-refractivity contribution in [3.8, 4) is 22.4 Å². The lowest BCUT2D eigenvalue weighted by Crippen LogP contribution is -2.28. The minimum Gasteiger partial charge on any atom is -0.334 e. The lowest BCUT2D eigenvalue weighted by Gasteiger charge is -2.14. The van der Waals surface area contributed by atoms with E-state index in [-0.39, 0.29) is 11.4 Å². The zero-order valence-corrected chi connectivity index (χ0v) is 23.7. The first kappa shape index (κ1) is 26.6. The number of benzene rings is 2. The summed E-state index contributed by atoms with van der Waals surface area (Å²) >= 11 is 1.48. The van der Waals surface area contributed by atoms with E-state index < -0.39 is 9.84 Å². The van der Waals surface area contributed by atoms with Crippen molar-refractivity contribution in [3.63, 3.8) is 0 Å². The van der Waals surface area contributed by atoms with Crippen LogP contribution in [0.25, 0.3) is 28.0 Å². The Balaban J connectivity index is 1.24. The lowest BCUT2D eigenvalue weighted by molar-refractivity contribution is 0.251. The molecule has 0 saturated heterocycles. The summed E-state index contributed by atoms with van der Waals surface area (Å²) in [7, 11) is -3.23. The van der Waals surface area contributed by atoms with Crippen LogP contribution in [0.1, 0.15) is 31.2 Å². The number of nitrogens with one attached hydrogen (secondary N) is 2. The van der Waals surface area contributed by atoms with Gasteiger partial charge in [0.1, 0.15) is 5.65 Å². The van der Waals surface area contributed by atoms with Gasteiger partial charge in [-0.2, -0.15) is 0 Å². The molecule has 0 aliphatic rings. The van der Waals surface area contributed by atoms with E-state index in [1.807, 2.05) is 53.2 Å². The van der Waals surface area contributed by atoms with E-state index >= 15 is 0 Å². The maximum atomic E-state index is 12.3. The highest BCUT2D eigenvalue weighted by Gasteiger charge is 2.18. The largest absolute Gasteiger partial charge is 0.334 e. The smallest absolute Gasteiger partial charge is 0.321 e. The third-order valence-corrected chi connectivity index (χ3v) is 8.76. The quantitative estimate of drug-likeness (QED) is 0.260. The molecule has 0 aliphatic heterocycles. The van der Waals surface area contributed by atoms with E-state index in [9.17, 15) is 13.2 Å². The SMILES string of the molecule is CC(C)(C)c1cnc(NC(=O)NCc2ccc(-c3cnc4cc(-c5ccc(S(C)(=O)=O)cc5)ccn34)cc2)s1. The predicted octanol–water partition coefficient (Wildman–Crippen LogP) is 6.15. The summed E-state index contributed by atoms with van der Waals surface area (Å²) in [6, 6.07) is 18.5. The number of urea groups is 1. The molecule has 0 unspecified atom stereocenters. The van der Waals surface area contributed by atoms with Gasteiger partial charge in [0, 0.05) is 35.6 Å². The minimum atomic E-state index is -3.23. The highest BCUT2D eigenvalue weighted by molar-refractivity contribution is 7.90. The Labute approximate surface area is 231 Å². The number of carbonyl (C=O) groups is 1. The Morgan fingerprint density at radius 2 is 1.62 bits per heavy atom. The van der Waals surface area contributed by atoms with Gasteiger partial charge in [-0.25, -0.2) is 23.2 Å². The van der Waals surface area contributed by atoms with Gasteiger partial charge < -0.3 is 5.32 Å². The summed E-state index contributed by atoms with van der Waals surface area (Å²) in [5.41, 5.74) is 5.56. The summed E-state index contributed by atoms with van der Waals surface area (Å²) in [5, 5.41) is 6.26. The van der Waals surface area contributed by atoms with Crippen LogP contribution in [0.3, 0.4) is 0 Å². The third kappa shape index (κ3) is 6.02. The van der Waals surface area contributed by atoms with E-state index in [1.54, 1.807) is 30.5 Å². The number of aromatic nitrogens is 3. The first-order chi connectivity index (χ1) is 18.5. The third-order valence-electron chi connectivity index (χ3n) is 6.30. The topological polar surface area (TPSA) is 105 Å². The van der Waals surface area contributed by atoms with Gasteiger partial charge in [-0.15, -0.1) is 11.3 Å². The molecule has 0 saturated carbocycles. The average molecular weight is 560 g/mol. The van der Waals surface area contributed by atoms with Gasteiger partial charge in [-0.3, -0.25) is 9.72 Å². The van der Waals surface area contributed by atoms with Crippen LogP contribution < -0.4 is 10.6 Å². The van der Waals surface area contributed by atoms with Crippen molar-refractivity contribution in [2.75, 3.05) is 11.6 Å². The molecular formula is C29H29N5O3S2. The van der Waals surface area contributed by atoms with Crippen LogP contribution in [0.5, 0.6) is 0 Å². The van der Waals surface area contributed by atoms with E-state index in [4.69, 9.17) is 0 Å². The first-order valence-corrected chi connectivity index (χ1v) is 15.1. The number of anilines is 1. The number of sulfone groups is 1. The van der Waals surface area contributed by atoms with Crippen molar-refractivity contribution in [2.45, 2.75) is 37.6 Å². The second-order valence-corrected chi connectivity index (χ2v) is 13.4. The number of nitrogens with zero attached hydrogens (tertiary/aromatic N) is 3. The lowest BCUT2D eigenvalue weighted by atomic mass is 9.96. The number of fused-ring (bicyclic) bond motifs is 1. The standard InChI is InChI=1S/C29H29N5O3S2/c1-29(2,3)25-18-32-28(38-25)33-27(35)31-16-19-5-7-21(8-6-19)24-17-30-26-15-22(13-14-34(24)26)20-9-11-23(12-10-20)39(4,36)37/h5-15,17-18H,16H2,1-4H3,(H2,31,32,33,35). The summed E-state index contributed by atoms with van der Waals surface area (Å²) in [5.74, 6) is 0. The Morgan fingerprint density at radius 3 is 2.26 bits per heavy atom. The van der Waals surface area contributed by atoms with Gasteiger partial charge in [-0.05, 0) is 46.4 Å². The van der Waals surface area contributed by atoms with Crippen LogP contribution in [0, 0.1) is 0 Å². The number of amides is 2. The van der Waals surface area contributed by atoms with Crippen LogP contribution in [0.2, 0.25) is 0 Å². The maximum absolute atomic E-state index is 12.3. The zero-order valence-electron chi connectivity index (χ0n) is 22.1. The molecule has 0 bridgehead atoms. The van der Waals surface area contributed by atoms with E-state index in [2.05, 4.69) is 41.4 Å². The molecule has 0 atom stereocenters. The Kier molecular flexibility index (Phi) is 7.00. The Bertz CT molecular complexity index is 1750. The summed E-state index contributed by atoms with van der Waals surface area (Å²) < 4.78 is 25.5. The van der Waals surface area contributed by atoms with Gasteiger partial charge in [-0.1, -0.05) is 57.2 Å². The number of hydrogen-bond donors (Lipinski definition) is 2. The second-order valence-electron chi connectivity index (χ2n) is 10.4. The van der Waals surface area contributed by atoms with Crippen molar-refractivity contribution in [1.29, 1.82) is 0 Å². The van der Waals surface area contributed by atoms with Crippen molar-refractivity contribution in [1.82, 2.24) is 19.7 Å². The van der Waals surface area contributed by atoms with E-state index in [1.165, 1.54) is 17.6 Å². The fourth-order valence-electron chi connectivity index (χ4n) is 4.06. The molecule has 0 fully saturated rings. The molecule has 3 aromatic heterocycles. The molecule has 39 heavy (non-hydrogen) atoms. The van der Waals surface area contributed by atoms with Crippen LogP contribution in [0.15, 0.2) is 84.1 Å². The van der Waals surface area contributed by atoms with E-state index in [0.29, 0.717) is 16.6 Å². The van der Waals surface area contributed by atoms with Gasteiger partial charge in [0.25, 0.3) is 0 Å². The molecule has 2 amide bonds. The monoisotopic (exact) mass is 559 g/mol. The Morgan fingerprint density at radius 1 is 0.923 bits per heavy atom. The molecule has 2 aromatic carbocycles. The van der Waals surface area contributed by atoms with Crippen molar-refractivity contribution in [2.24, 2.45) is 0 Å². The van der Waals surface area contributed by atoms with Crippen LogP contribution >= 0.6 is 11.3 Å². The van der Waals surface area contributed by atoms with Crippen LogP contribution in [-0.4, -0.2) is 35.1 Å². The zero-order chi connectivity index (χ0) is 27.8. The molecule has 5 aromatic rings. The normalized spacial score (nSPS) is 12.0. The Hall–Kier alpha value is -4.02. The van der Waals surface area contributed by atoms with Gasteiger partial charge in [0.05, 0.1) is 16.8 Å². The second kappa shape index (κ2) is 10.3. The van der Waals surface area contributed by atoms with Crippen molar-refractivity contribution < 1.29 is 13.2 Å². The summed E-state index contributed by atoms with van der Waals surface area (Å²) in [6.07, 6.45) is 6.79. The molecule has 3 heterocycles. The van der Waals surface area contributed by atoms with Gasteiger partial charge in [0.15, 0.2) is 15.0 Å². The highest BCUT2D eigenvalue weighted by atomic mass is 32.2. The van der Waals surface area contributed by atoms with Crippen LogP contribution in [-0.2, 0) is 21.8 Å². The minimum absolute atomic E-state index is 0.00699. The number of hydrogen-bond acceptors (Lipinski definition) is 6. The van der Waals surface area contributed by atoms with E-state index in [0.717, 1.165) is 38.5 Å². The summed E-state index contributed by atoms with van der Waals surface area (Å²) in [6.45, 7) is 6.73. The molecule has 200 valence electrons. The number of carbonyl (C=O) groups excluding carboxylic acids is 1. The highest BCUT2D eigenvalue weighted by Crippen LogP contribution is 2.30. The fraction of sp³-hybridized carbons (Fsp3) is 0.207. The average Bonchev–Trinajstić information content (AvgIpc) is 3.54. The molecule has 0 radical (unpaired) electrons. The van der Waals surface area contributed by atoms with Crippen molar-refractivity contribution >= 4 is 38.0 Å². The first-order valence-electron chi connectivity index (χ1n) is 12.4. The number of imidazole rings is 1. The molecule has 5 rings (SSSR count). The number of pyridine rings is 1. The number of rotatable bonds is 6. The molecule has 0 spiro atoms. The summed E-state index contributed by atoms with van der Waals surface area (Å²) in [4.78, 5) is 22.6. The van der Waals surface area contributed by atoms with Crippen molar-refractivity contribution in [3.05, 3.63) is 89.7 Å². The molecule has 2 N–H and O–H groups in total. The van der Waals surface area contributed by atoms with Gasteiger partial charge >= 0.3 is 6.03 Å². The molecule has 0 aliphatic carbocycles. The fourth-order valence-corrected chi connectivity index (χ4v) is 5.56. The molecular weight excluding hydrogens is 530 g/mol. The number of thiazole rings is 1. The maximum Gasteiger partial charge on any atom is 0.321 e. The van der Waals surface area contributed by atoms with Gasteiger partial charge in [0.2, 0.25) is 0 Å². The molecule has 10 heteroatoms.